The molecule has 8 nitrogen and oxygen atoms in total. The number of thiophene rings is 1. The Kier molecular flexibility index (Phi) is 6.50. The van der Waals surface area contributed by atoms with E-state index in [-0.39, 0.29) is 24.2 Å². The van der Waals surface area contributed by atoms with Gasteiger partial charge in [-0.3, -0.25) is 10.1 Å². The van der Waals surface area contributed by atoms with Crippen molar-refractivity contribution in [3.63, 3.8) is 0 Å². The third-order valence-corrected chi connectivity index (χ3v) is 8.28. The number of nitrogens with two attached hydrogens (primary N) is 1. The van der Waals surface area contributed by atoms with Gasteiger partial charge in [-0.15, -0.1) is 11.3 Å². The molecule has 9 heteroatoms. The minimum Gasteiger partial charge on any atom is -0.396 e. The normalized spacial score (nSPS) is 23.7. The molecule has 5 rings (SSSR count). The van der Waals surface area contributed by atoms with Crippen molar-refractivity contribution in [1.29, 1.82) is 0 Å². The molecule has 2 fully saturated rings. The smallest absolute Gasteiger partial charge is 0.268 e. The van der Waals surface area contributed by atoms with Crippen LogP contribution >= 0.6 is 11.3 Å². The van der Waals surface area contributed by atoms with Crippen LogP contribution in [0.25, 0.3) is 11.0 Å². The van der Waals surface area contributed by atoms with Crippen LogP contribution in [0.3, 0.4) is 0 Å². The number of nitrogens with one attached hydrogen (secondary N) is 1. The van der Waals surface area contributed by atoms with Crippen molar-refractivity contribution in [2.45, 2.75) is 70.1 Å². The van der Waals surface area contributed by atoms with Crippen LogP contribution in [0.2, 0.25) is 0 Å². The molecule has 2 aromatic heterocycles. The van der Waals surface area contributed by atoms with Crippen LogP contribution in [0, 0.1) is 6.92 Å². The lowest BCUT2D eigenvalue weighted by atomic mass is 9.92. The van der Waals surface area contributed by atoms with E-state index in [0.717, 1.165) is 73.1 Å². The standard InChI is InChI=1S/C25H33N5O3S/c1-15-5-4-7-20-22(15)30(16-8-10-17(31)11-9-16)25(27-20)28-23(33)21-13-19(26)24(34-21)29-12-3-2-6-18(32)14-29/h4-5,7,13,16-18,31-32H,2-3,6,8-12,14,26H2,1H3,(H,27,28,33)/t16-,17-,18-/m0/s1. The Morgan fingerprint density at radius 2 is 1.94 bits per heavy atom. The number of aliphatic hydroxyl groups is 2. The summed E-state index contributed by atoms with van der Waals surface area (Å²) in [4.78, 5) is 20.7. The molecule has 1 aliphatic carbocycles. The molecule has 5 N–H and O–H groups in total. The molecule has 3 aromatic rings. The number of β-amino-alcohol motifs (C(OH)–C–C–N with tert-alkyl or cyclic N) is 1. The molecule has 3 heterocycles. The lowest BCUT2D eigenvalue weighted by Gasteiger charge is -2.28. The number of aromatic nitrogens is 2. The van der Waals surface area contributed by atoms with Gasteiger partial charge in [0.2, 0.25) is 5.95 Å². The Morgan fingerprint density at radius 3 is 2.74 bits per heavy atom. The molecule has 1 saturated carbocycles. The van der Waals surface area contributed by atoms with Gasteiger partial charge in [0.25, 0.3) is 5.91 Å². The first-order chi connectivity index (χ1) is 16.4. The molecule has 1 aromatic carbocycles. The number of carbonyl (C=O) groups excluding carboxylic acids is 1. The van der Waals surface area contributed by atoms with Crippen LogP contribution < -0.4 is 16.0 Å². The van der Waals surface area contributed by atoms with E-state index in [0.29, 0.717) is 23.1 Å². The van der Waals surface area contributed by atoms with Gasteiger partial charge in [-0.1, -0.05) is 12.1 Å². The summed E-state index contributed by atoms with van der Waals surface area (Å²) in [5.41, 5.74) is 9.86. The maximum Gasteiger partial charge on any atom is 0.268 e. The number of benzene rings is 1. The first-order valence-corrected chi connectivity index (χ1v) is 13.0. The summed E-state index contributed by atoms with van der Waals surface area (Å²) in [5.74, 6) is 0.303. The van der Waals surface area contributed by atoms with Gasteiger partial charge in [-0.05, 0) is 69.6 Å². The van der Waals surface area contributed by atoms with Crippen LogP contribution in [0.15, 0.2) is 24.3 Å². The van der Waals surface area contributed by atoms with E-state index >= 15 is 0 Å². The number of fused-ring (bicyclic) bond motifs is 1. The Hall–Kier alpha value is -2.62. The van der Waals surface area contributed by atoms with Crippen molar-refractivity contribution in [2.24, 2.45) is 0 Å². The van der Waals surface area contributed by atoms with E-state index < -0.39 is 0 Å². The summed E-state index contributed by atoms with van der Waals surface area (Å²) in [6, 6.07) is 7.91. The van der Waals surface area contributed by atoms with E-state index in [9.17, 15) is 15.0 Å². The van der Waals surface area contributed by atoms with Crippen molar-refractivity contribution in [3.8, 4) is 0 Å². The first-order valence-electron chi connectivity index (χ1n) is 12.2. The summed E-state index contributed by atoms with van der Waals surface area (Å²) >= 11 is 1.36. The molecule has 0 spiro atoms. The molecule has 1 amide bonds. The molecule has 1 saturated heterocycles. The molecule has 182 valence electrons. The van der Waals surface area contributed by atoms with Gasteiger partial charge in [-0.2, -0.15) is 0 Å². The van der Waals surface area contributed by atoms with Gasteiger partial charge >= 0.3 is 0 Å². The summed E-state index contributed by atoms with van der Waals surface area (Å²) in [5, 5.41) is 24.1. The van der Waals surface area contributed by atoms with Gasteiger partial charge in [-0.25, -0.2) is 4.98 Å². The number of carbonyl (C=O) groups is 1. The van der Waals surface area contributed by atoms with Crippen molar-refractivity contribution in [3.05, 3.63) is 34.7 Å². The Labute approximate surface area is 203 Å². The molecule has 0 bridgehead atoms. The second-order valence-corrected chi connectivity index (χ2v) is 10.7. The number of para-hydroxylation sites is 1. The topological polar surface area (TPSA) is 117 Å². The predicted octanol–water partition coefficient (Wildman–Crippen LogP) is 4.07. The molecular formula is C25H33N5O3S. The zero-order chi connectivity index (χ0) is 23.8. The maximum absolute atomic E-state index is 13.3. The number of amides is 1. The highest BCUT2D eigenvalue weighted by Gasteiger charge is 2.27. The zero-order valence-electron chi connectivity index (χ0n) is 19.5. The predicted molar refractivity (Wildman–Crippen MR) is 137 cm³/mol. The van der Waals surface area contributed by atoms with Gasteiger partial charge in [0.15, 0.2) is 0 Å². The number of imidazole rings is 1. The van der Waals surface area contributed by atoms with E-state index in [1.165, 1.54) is 11.3 Å². The monoisotopic (exact) mass is 483 g/mol. The van der Waals surface area contributed by atoms with Crippen LogP contribution in [-0.2, 0) is 0 Å². The number of nitrogen functional groups attached to an aromatic ring is 1. The highest BCUT2D eigenvalue weighted by atomic mass is 32.1. The average Bonchev–Trinajstić information content (AvgIpc) is 3.30. The highest BCUT2D eigenvalue weighted by molar-refractivity contribution is 7.18. The number of anilines is 3. The second-order valence-electron chi connectivity index (χ2n) is 9.63. The SMILES string of the molecule is Cc1cccc2nc(NC(=O)c3cc(N)c(N4CCCC[C@H](O)C4)s3)n([C@H]3CC[C@H](O)CC3)c12. The number of hydrogen-bond acceptors (Lipinski definition) is 7. The van der Waals surface area contributed by atoms with Gasteiger partial charge < -0.3 is 25.4 Å². The fourth-order valence-electron chi connectivity index (χ4n) is 5.30. The van der Waals surface area contributed by atoms with Gasteiger partial charge in [0.05, 0.1) is 33.8 Å². The van der Waals surface area contributed by atoms with Crippen molar-refractivity contribution in [1.82, 2.24) is 9.55 Å². The van der Waals surface area contributed by atoms with Crippen molar-refractivity contribution >= 4 is 44.9 Å². The largest absolute Gasteiger partial charge is 0.396 e. The number of nitrogens with zero attached hydrogens (tertiary/aromatic N) is 3. The Bertz CT molecular complexity index is 1180. The van der Waals surface area contributed by atoms with E-state index in [1.807, 2.05) is 12.1 Å². The first kappa shape index (κ1) is 23.1. The van der Waals surface area contributed by atoms with Crippen LogP contribution in [-0.4, -0.2) is 51.0 Å². The lowest BCUT2D eigenvalue weighted by Crippen LogP contribution is -2.30. The third kappa shape index (κ3) is 4.52. The summed E-state index contributed by atoms with van der Waals surface area (Å²) in [6.45, 7) is 3.42. The van der Waals surface area contributed by atoms with E-state index in [4.69, 9.17) is 10.7 Å². The van der Waals surface area contributed by atoms with Crippen LogP contribution in [0.4, 0.5) is 16.6 Å². The van der Waals surface area contributed by atoms with Gasteiger partial charge in [0, 0.05) is 19.1 Å². The fraction of sp³-hybridized carbons (Fsp3) is 0.520. The molecule has 1 atom stereocenters. The molecule has 0 radical (unpaired) electrons. The zero-order valence-corrected chi connectivity index (χ0v) is 20.4. The second kappa shape index (κ2) is 9.56. The number of aliphatic hydroxyl groups excluding tert-OH is 2. The average molecular weight is 484 g/mol. The van der Waals surface area contributed by atoms with Crippen molar-refractivity contribution in [2.75, 3.05) is 29.0 Å². The highest BCUT2D eigenvalue weighted by Crippen LogP contribution is 2.38. The van der Waals surface area contributed by atoms with E-state index in [2.05, 4.69) is 27.8 Å². The maximum atomic E-state index is 13.3. The van der Waals surface area contributed by atoms with Crippen LogP contribution in [0.5, 0.6) is 0 Å². The molecule has 34 heavy (non-hydrogen) atoms. The minimum atomic E-state index is -0.376. The minimum absolute atomic E-state index is 0.173. The number of hydrogen-bond donors (Lipinski definition) is 4. The summed E-state index contributed by atoms with van der Waals surface area (Å²) in [7, 11) is 0. The number of rotatable bonds is 4. The van der Waals surface area contributed by atoms with E-state index in [1.54, 1.807) is 6.07 Å². The summed E-state index contributed by atoms with van der Waals surface area (Å²) < 4.78 is 2.15. The van der Waals surface area contributed by atoms with Crippen molar-refractivity contribution < 1.29 is 15.0 Å². The molecule has 2 aliphatic rings. The Balaban J connectivity index is 1.44. The van der Waals surface area contributed by atoms with Gasteiger partial charge in [0.1, 0.15) is 5.00 Å². The molecule has 0 unspecified atom stereocenters. The molecule has 1 aliphatic heterocycles. The third-order valence-electron chi connectivity index (χ3n) is 7.07. The Morgan fingerprint density at radius 1 is 1.15 bits per heavy atom. The van der Waals surface area contributed by atoms with Crippen LogP contribution in [0.1, 0.15) is 66.2 Å². The molecular weight excluding hydrogens is 450 g/mol. The number of aryl methyl sites for hydroxylation is 1. The lowest BCUT2D eigenvalue weighted by molar-refractivity contribution is 0.102. The summed E-state index contributed by atoms with van der Waals surface area (Å²) in [6.07, 6.45) is 5.33. The quantitative estimate of drug-likeness (QED) is 0.445. The fourth-order valence-corrected chi connectivity index (χ4v) is 6.31.